The van der Waals surface area contributed by atoms with Crippen molar-refractivity contribution in [3.05, 3.63) is 29.4 Å². The Morgan fingerprint density at radius 1 is 0.538 bits per heavy atom. The van der Waals surface area contributed by atoms with Crippen LogP contribution in [0.25, 0.3) is 5.32 Å². The van der Waals surface area contributed by atoms with Gasteiger partial charge in [-0.15, -0.1) is 0 Å². The first-order chi connectivity index (χ1) is 11.0. The molecule has 0 aliphatic carbocycles. The van der Waals surface area contributed by atoms with E-state index in [1.165, 1.54) is 0 Å². The molecule has 0 unspecified atom stereocenters. The summed E-state index contributed by atoms with van der Waals surface area (Å²) in [6.07, 6.45) is 4.05. The van der Waals surface area contributed by atoms with Crippen LogP contribution in [0.2, 0.25) is 0 Å². The fourth-order valence-corrected chi connectivity index (χ4v) is 9.40. The van der Waals surface area contributed by atoms with E-state index in [9.17, 15) is 0 Å². The minimum Gasteiger partial charge on any atom is -0.670 e. The van der Waals surface area contributed by atoms with Crippen molar-refractivity contribution in [1.29, 1.82) is 10.8 Å². The Morgan fingerprint density at radius 3 is 0.885 bits per heavy atom. The van der Waals surface area contributed by atoms with Crippen LogP contribution in [0.15, 0.2) is 24.0 Å². The van der Waals surface area contributed by atoms with Gasteiger partial charge in [0.2, 0.25) is 0 Å². The zero-order chi connectivity index (χ0) is 20.7. The quantitative estimate of drug-likeness (QED) is 0.249. The third kappa shape index (κ3) is 12.6. The van der Waals surface area contributed by atoms with Crippen LogP contribution in [0, 0.1) is 10.8 Å². The fraction of sp³-hybridized carbons (Fsp3) is 0.800. The fourth-order valence-electron chi connectivity index (χ4n) is 3.17. The van der Waals surface area contributed by atoms with Crippen LogP contribution < -0.4 is 0 Å². The summed E-state index contributed by atoms with van der Waals surface area (Å²) >= 11 is 0. The monoisotopic (exact) mass is 577 g/mol. The van der Waals surface area contributed by atoms with Crippen LogP contribution in [-0.4, -0.2) is 20.6 Å². The summed E-state index contributed by atoms with van der Waals surface area (Å²) in [5, 5.41) is 17.8. The normalized spacial score (nSPS) is 13.7. The molecule has 0 saturated carbocycles. The van der Waals surface area contributed by atoms with Gasteiger partial charge < -0.3 is 5.32 Å². The Balaban J connectivity index is -0.00000170. The van der Waals surface area contributed by atoms with E-state index in [1.807, 2.05) is 12.4 Å². The van der Waals surface area contributed by atoms with Gasteiger partial charge in [0.25, 0.3) is 0 Å². The van der Waals surface area contributed by atoms with E-state index in [4.69, 9.17) is 10.8 Å². The van der Waals surface area contributed by atoms with Crippen molar-refractivity contribution >= 4 is 15.8 Å². The standard InChI is InChI=1S/C20H40NP2.Ir.N2/c1-17(2,3)22(18(4,5)6)15-13-21-14-16-23(19(7,8)9)20(10,11)12;;1-2/h13-16H,1-12H3;;/q-1;;/b15-13-,16-14-;;. The molecule has 0 aromatic carbocycles. The number of hydrogen-bond acceptors (Lipinski definition) is 2. The number of nitrogens with zero attached hydrogens (tertiary/aromatic N) is 3. The van der Waals surface area contributed by atoms with E-state index in [1.54, 1.807) is 0 Å². The second-order valence-corrected chi connectivity index (χ2v) is 17.6. The first-order valence-electron chi connectivity index (χ1n) is 8.79. The van der Waals surface area contributed by atoms with E-state index in [0.29, 0.717) is 20.6 Å². The SMILES string of the molecule is CC(C)(C)P(/C=C\[N-]/C=C\P(C(C)(C)C)C(C)(C)C)C(C)(C)C.N#N.[Ir]. The third-order valence-electron chi connectivity index (χ3n) is 3.49. The van der Waals surface area contributed by atoms with Gasteiger partial charge in [-0.1, -0.05) is 111 Å². The number of rotatable bonds is 4. The summed E-state index contributed by atoms with van der Waals surface area (Å²) in [4.78, 5) is 0. The van der Waals surface area contributed by atoms with Crippen molar-refractivity contribution in [1.82, 2.24) is 0 Å². The van der Waals surface area contributed by atoms with Gasteiger partial charge in [-0.2, -0.15) is 12.4 Å². The van der Waals surface area contributed by atoms with Crippen LogP contribution >= 0.6 is 15.8 Å². The molecule has 0 fully saturated rings. The Hall–Kier alpha value is 0.209. The van der Waals surface area contributed by atoms with Crippen molar-refractivity contribution in [3.63, 3.8) is 0 Å². The third-order valence-corrected chi connectivity index (χ3v) is 10.1. The molecule has 3 nitrogen and oxygen atoms in total. The van der Waals surface area contributed by atoms with Crippen LogP contribution in [0.3, 0.4) is 0 Å². The van der Waals surface area contributed by atoms with Crippen molar-refractivity contribution in [2.24, 2.45) is 0 Å². The van der Waals surface area contributed by atoms with Crippen LogP contribution in [0.5, 0.6) is 0 Å². The zero-order valence-electron chi connectivity index (χ0n) is 18.9. The van der Waals surface area contributed by atoms with E-state index in [2.05, 4.69) is 100 Å². The van der Waals surface area contributed by atoms with E-state index >= 15 is 0 Å². The summed E-state index contributed by atoms with van der Waals surface area (Å²) in [6, 6.07) is 0. The average Bonchev–Trinajstić information content (AvgIpc) is 2.33. The van der Waals surface area contributed by atoms with Gasteiger partial charge in [0.1, 0.15) is 0 Å². The first kappa shape index (κ1) is 30.9. The second-order valence-electron chi connectivity index (χ2n) is 10.2. The van der Waals surface area contributed by atoms with Crippen molar-refractivity contribution in [2.45, 2.75) is 104 Å². The molecule has 0 saturated heterocycles. The van der Waals surface area contributed by atoms with E-state index in [-0.39, 0.29) is 35.9 Å². The molecule has 0 bridgehead atoms. The second kappa shape index (κ2) is 11.9. The minimum atomic E-state index is -0.223. The van der Waals surface area contributed by atoms with Crippen molar-refractivity contribution in [2.75, 3.05) is 0 Å². The molecular weight excluding hydrogens is 536 g/mol. The van der Waals surface area contributed by atoms with Gasteiger partial charge in [0, 0.05) is 30.9 Å². The summed E-state index contributed by atoms with van der Waals surface area (Å²) in [7, 11) is -0.445. The van der Waals surface area contributed by atoms with Gasteiger partial charge in [-0.05, 0) is 20.6 Å². The summed E-state index contributed by atoms with van der Waals surface area (Å²) < 4.78 is 0. The minimum absolute atomic E-state index is 0. The Labute approximate surface area is 179 Å². The average molecular weight is 577 g/mol. The van der Waals surface area contributed by atoms with Gasteiger partial charge >= 0.3 is 0 Å². The maximum absolute atomic E-state index is 6.00. The Morgan fingerprint density at radius 2 is 0.731 bits per heavy atom. The molecule has 0 heterocycles. The van der Waals surface area contributed by atoms with Gasteiger partial charge in [-0.3, -0.25) is 0 Å². The Bertz CT molecular complexity index is 391. The molecule has 0 rings (SSSR count). The molecule has 0 amide bonds. The maximum atomic E-state index is 6.00. The van der Waals surface area contributed by atoms with Gasteiger partial charge in [0.05, 0.1) is 0 Å². The molecule has 0 atom stereocenters. The molecule has 0 aliphatic rings. The van der Waals surface area contributed by atoms with Crippen molar-refractivity contribution < 1.29 is 20.1 Å². The molecule has 26 heavy (non-hydrogen) atoms. The number of hydrogen-bond donors (Lipinski definition) is 0. The summed E-state index contributed by atoms with van der Waals surface area (Å²) in [5.74, 6) is 4.69. The molecular formula is C20H40IrN3P2-. The van der Waals surface area contributed by atoms with E-state index < -0.39 is 0 Å². The molecule has 0 aromatic heterocycles. The molecule has 0 N–H and O–H groups in total. The van der Waals surface area contributed by atoms with Crippen LogP contribution in [0.1, 0.15) is 83.1 Å². The smallest absolute Gasteiger partial charge is 0 e. The summed E-state index contributed by atoms with van der Waals surface area (Å²) in [5.41, 5.74) is 0. The predicted molar refractivity (Wildman–Crippen MR) is 118 cm³/mol. The largest absolute Gasteiger partial charge is 0.670 e. The van der Waals surface area contributed by atoms with Crippen molar-refractivity contribution in [3.8, 4) is 0 Å². The molecule has 0 spiro atoms. The van der Waals surface area contributed by atoms with Gasteiger partial charge in [-0.25, -0.2) is 0 Å². The molecule has 155 valence electrons. The van der Waals surface area contributed by atoms with Crippen LogP contribution in [-0.2, 0) is 20.1 Å². The predicted octanol–water partition coefficient (Wildman–Crippen LogP) is 8.49. The topological polar surface area (TPSA) is 61.7 Å². The molecule has 1 radical (unpaired) electrons. The molecule has 0 aromatic rings. The van der Waals surface area contributed by atoms with Crippen LogP contribution in [0.4, 0.5) is 0 Å². The first-order valence-corrected chi connectivity index (χ1v) is 11.6. The van der Waals surface area contributed by atoms with E-state index in [0.717, 1.165) is 0 Å². The molecule has 6 heteroatoms. The zero-order valence-corrected chi connectivity index (χ0v) is 23.1. The van der Waals surface area contributed by atoms with Gasteiger partial charge in [0.15, 0.2) is 0 Å². The summed E-state index contributed by atoms with van der Waals surface area (Å²) in [6.45, 7) is 28.0. The Kier molecular flexibility index (Phi) is 14.2. The molecule has 0 aliphatic heterocycles. The maximum Gasteiger partial charge on any atom is 0 e.